The molecule has 0 aromatic rings. The smallest absolute Gasteiger partial charge is 0.0495 e. The van der Waals surface area contributed by atoms with Crippen LogP contribution in [0.25, 0.3) is 0 Å². The Morgan fingerprint density at radius 3 is 2.73 bits per heavy atom. The van der Waals surface area contributed by atoms with Crippen molar-refractivity contribution < 1.29 is 4.74 Å². The fourth-order valence-corrected chi connectivity index (χ4v) is 2.95. The van der Waals surface area contributed by atoms with E-state index in [9.17, 15) is 0 Å². The van der Waals surface area contributed by atoms with Gasteiger partial charge in [-0.05, 0) is 51.0 Å². The van der Waals surface area contributed by atoms with Gasteiger partial charge in [0.05, 0.1) is 0 Å². The molecule has 0 radical (unpaired) electrons. The van der Waals surface area contributed by atoms with E-state index in [1.807, 2.05) is 0 Å². The molecule has 1 aliphatic heterocycles. The van der Waals surface area contributed by atoms with Gasteiger partial charge in [-0.1, -0.05) is 12.8 Å². The van der Waals surface area contributed by atoms with E-state index in [2.05, 4.69) is 12.2 Å². The van der Waals surface area contributed by atoms with Gasteiger partial charge in [0.25, 0.3) is 0 Å². The minimum Gasteiger partial charge on any atom is -0.381 e. The van der Waals surface area contributed by atoms with Gasteiger partial charge in [0.1, 0.15) is 0 Å². The average molecular weight is 211 g/mol. The number of rotatable bonds is 5. The van der Waals surface area contributed by atoms with Crippen molar-refractivity contribution in [3.05, 3.63) is 0 Å². The lowest BCUT2D eigenvalue weighted by Gasteiger charge is -2.21. The maximum atomic E-state index is 5.39. The molecule has 2 fully saturated rings. The molecule has 2 heteroatoms. The summed E-state index contributed by atoms with van der Waals surface area (Å²) in [5.74, 6) is 1.78. The summed E-state index contributed by atoms with van der Waals surface area (Å²) in [5.41, 5.74) is 0. The van der Waals surface area contributed by atoms with E-state index in [4.69, 9.17) is 4.74 Å². The molecule has 1 saturated heterocycles. The molecule has 2 atom stereocenters. The SMILES string of the molecule is CC(NCCC1CCOC1)C1CCCC1. The Morgan fingerprint density at radius 1 is 1.27 bits per heavy atom. The van der Waals surface area contributed by atoms with Crippen molar-refractivity contribution in [3.8, 4) is 0 Å². The highest BCUT2D eigenvalue weighted by Gasteiger charge is 2.21. The third-order valence-electron chi connectivity index (χ3n) is 4.15. The van der Waals surface area contributed by atoms with Crippen LogP contribution in [-0.2, 0) is 4.74 Å². The van der Waals surface area contributed by atoms with E-state index in [1.54, 1.807) is 0 Å². The minimum absolute atomic E-state index is 0.731. The first-order chi connectivity index (χ1) is 7.36. The molecule has 0 spiro atoms. The maximum absolute atomic E-state index is 5.39. The maximum Gasteiger partial charge on any atom is 0.0495 e. The molecule has 1 aliphatic carbocycles. The van der Waals surface area contributed by atoms with Crippen LogP contribution in [0, 0.1) is 11.8 Å². The summed E-state index contributed by atoms with van der Waals surface area (Å²) >= 11 is 0. The third kappa shape index (κ3) is 3.46. The lowest BCUT2D eigenvalue weighted by atomic mass is 9.99. The van der Waals surface area contributed by atoms with Crippen molar-refractivity contribution in [1.29, 1.82) is 0 Å². The van der Waals surface area contributed by atoms with Crippen LogP contribution in [0.1, 0.15) is 45.4 Å². The van der Waals surface area contributed by atoms with Crippen LogP contribution in [0.15, 0.2) is 0 Å². The topological polar surface area (TPSA) is 21.3 Å². The number of ether oxygens (including phenoxy) is 1. The second kappa shape index (κ2) is 5.86. The molecule has 15 heavy (non-hydrogen) atoms. The zero-order chi connectivity index (χ0) is 10.5. The van der Waals surface area contributed by atoms with E-state index in [0.29, 0.717) is 0 Å². The van der Waals surface area contributed by atoms with E-state index >= 15 is 0 Å². The van der Waals surface area contributed by atoms with Gasteiger partial charge in [-0.25, -0.2) is 0 Å². The molecule has 2 aliphatic rings. The summed E-state index contributed by atoms with van der Waals surface area (Å²) in [6.45, 7) is 5.54. The second-order valence-electron chi connectivity index (χ2n) is 5.31. The van der Waals surface area contributed by atoms with Gasteiger partial charge in [-0.2, -0.15) is 0 Å². The van der Waals surface area contributed by atoms with Gasteiger partial charge in [0.2, 0.25) is 0 Å². The zero-order valence-corrected chi connectivity index (χ0v) is 10.0. The summed E-state index contributed by atoms with van der Waals surface area (Å²) in [7, 11) is 0. The van der Waals surface area contributed by atoms with Crippen molar-refractivity contribution in [2.75, 3.05) is 19.8 Å². The molecule has 2 nitrogen and oxygen atoms in total. The van der Waals surface area contributed by atoms with Gasteiger partial charge in [0, 0.05) is 19.3 Å². The molecular weight excluding hydrogens is 186 g/mol. The minimum atomic E-state index is 0.731. The Bertz CT molecular complexity index is 171. The molecule has 1 heterocycles. The molecule has 1 N–H and O–H groups in total. The first-order valence-electron chi connectivity index (χ1n) is 6.67. The summed E-state index contributed by atoms with van der Waals surface area (Å²) in [6, 6.07) is 0.731. The highest BCUT2D eigenvalue weighted by Crippen LogP contribution is 2.27. The van der Waals surface area contributed by atoms with Gasteiger partial charge in [-0.3, -0.25) is 0 Å². The Kier molecular flexibility index (Phi) is 4.45. The number of hydrogen-bond acceptors (Lipinski definition) is 2. The van der Waals surface area contributed by atoms with Crippen LogP contribution in [0.4, 0.5) is 0 Å². The largest absolute Gasteiger partial charge is 0.381 e. The molecule has 2 unspecified atom stereocenters. The highest BCUT2D eigenvalue weighted by molar-refractivity contribution is 4.77. The van der Waals surface area contributed by atoms with Gasteiger partial charge in [-0.15, -0.1) is 0 Å². The quantitative estimate of drug-likeness (QED) is 0.754. The molecule has 1 saturated carbocycles. The molecule has 0 amide bonds. The number of hydrogen-bond donors (Lipinski definition) is 1. The van der Waals surface area contributed by atoms with Gasteiger partial charge in [0.15, 0.2) is 0 Å². The van der Waals surface area contributed by atoms with Crippen molar-refractivity contribution >= 4 is 0 Å². The van der Waals surface area contributed by atoms with Crippen molar-refractivity contribution in [2.45, 2.75) is 51.5 Å². The lowest BCUT2D eigenvalue weighted by Crippen LogP contribution is -2.33. The molecular formula is C13H25NO. The standard InChI is InChI=1S/C13H25NO/c1-11(13-4-2-3-5-13)14-8-6-12-7-9-15-10-12/h11-14H,2-10H2,1H3. The van der Waals surface area contributed by atoms with Gasteiger partial charge < -0.3 is 10.1 Å². The third-order valence-corrected chi connectivity index (χ3v) is 4.15. The van der Waals surface area contributed by atoms with E-state index in [1.165, 1.54) is 45.1 Å². The van der Waals surface area contributed by atoms with E-state index in [-0.39, 0.29) is 0 Å². The Morgan fingerprint density at radius 2 is 2.07 bits per heavy atom. The Hall–Kier alpha value is -0.0800. The molecule has 0 aromatic heterocycles. The fourth-order valence-electron chi connectivity index (χ4n) is 2.95. The molecule has 2 rings (SSSR count). The normalized spacial score (nSPS) is 29.8. The highest BCUT2D eigenvalue weighted by atomic mass is 16.5. The van der Waals surface area contributed by atoms with Crippen LogP contribution in [0.3, 0.4) is 0 Å². The monoisotopic (exact) mass is 211 g/mol. The number of nitrogens with one attached hydrogen (secondary N) is 1. The Labute approximate surface area is 93.8 Å². The fraction of sp³-hybridized carbons (Fsp3) is 1.00. The Balaban J connectivity index is 1.56. The second-order valence-corrected chi connectivity index (χ2v) is 5.31. The molecule has 88 valence electrons. The van der Waals surface area contributed by atoms with Crippen molar-refractivity contribution in [3.63, 3.8) is 0 Å². The zero-order valence-electron chi connectivity index (χ0n) is 10.0. The summed E-state index contributed by atoms with van der Waals surface area (Å²) in [6.07, 6.45) is 8.37. The van der Waals surface area contributed by atoms with Crippen molar-refractivity contribution in [2.24, 2.45) is 11.8 Å². The summed E-state index contributed by atoms with van der Waals surface area (Å²) < 4.78 is 5.39. The average Bonchev–Trinajstić information content (AvgIpc) is 2.90. The predicted molar refractivity (Wildman–Crippen MR) is 63.0 cm³/mol. The predicted octanol–water partition coefficient (Wildman–Crippen LogP) is 2.58. The van der Waals surface area contributed by atoms with Crippen LogP contribution >= 0.6 is 0 Å². The van der Waals surface area contributed by atoms with Crippen LogP contribution in [0.2, 0.25) is 0 Å². The summed E-state index contributed by atoms with van der Waals surface area (Å²) in [5, 5.41) is 3.70. The first-order valence-corrected chi connectivity index (χ1v) is 6.67. The first kappa shape index (κ1) is 11.4. The van der Waals surface area contributed by atoms with Crippen LogP contribution in [-0.4, -0.2) is 25.8 Å². The van der Waals surface area contributed by atoms with Crippen molar-refractivity contribution in [1.82, 2.24) is 5.32 Å². The van der Waals surface area contributed by atoms with E-state index in [0.717, 1.165) is 31.1 Å². The lowest BCUT2D eigenvalue weighted by molar-refractivity contribution is 0.183. The van der Waals surface area contributed by atoms with Crippen LogP contribution < -0.4 is 5.32 Å². The molecule has 0 aromatic carbocycles. The molecule has 0 bridgehead atoms. The van der Waals surface area contributed by atoms with Gasteiger partial charge >= 0.3 is 0 Å². The summed E-state index contributed by atoms with van der Waals surface area (Å²) in [4.78, 5) is 0. The van der Waals surface area contributed by atoms with E-state index < -0.39 is 0 Å². The van der Waals surface area contributed by atoms with Crippen LogP contribution in [0.5, 0.6) is 0 Å².